The number of morpholine rings is 1. The van der Waals surface area contributed by atoms with Gasteiger partial charge in [-0.05, 0) is 64.4 Å². The van der Waals surface area contributed by atoms with E-state index in [4.69, 9.17) is 9.72 Å². The molecule has 3 heterocycles. The quantitative estimate of drug-likeness (QED) is 0.744. The largest absolute Gasteiger partial charge is 0.378 e. The molecule has 0 radical (unpaired) electrons. The first-order valence-corrected chi connectivity index (χ1v) is 12.0. The predicted molar refractivity (Wildman–Crippen MR) is 129 cm³/mol. The zero-order valence-electron chi connectivity index (χ0n) is 20.2. The first-order chi connectivity index (χ1) is 16.3. The third kappa shape index (κ3) is 4.01. The summed E-state index contributed by atoms with van der Waals surface area (Å²) in [7, 11) is 4.11. The zero-order chi connectivity index (χ0) is 23.9. The number of aryl methyl sites for hydroxylation is 1. The minimum absolute atomic E-state index is 0.103. The van der Waals surface area contributed by atoms with Gasteiger partial charge in [0.05, 0.1) is 42.9 Å². The van der Waals surface area contributed by atoms with Crippen molar-refractivity contribution in [2.45, 2.75) is 43.7 Å². The standard InChI is InChI=1S/C25H33FN6O2/c1-18-21(16-27-22(28-18)31-11-13-34-14-12-31)32-17-24(29-23(32)33)7-9-25(10-8-24,30(2)3)19-5-4-6-20(26)15-19/h4-6,15-16H,7-14,17H2,1-3H3,(H,29,33)/t24-,25+. The van der Waals surface area contributed by atoms with E-state index in [-0.39, 0.29) is 22.9 Å². The molecule has 1 aromatic carbocycles. The number of hydrogen-bond acceptors (Lipinski definition) is 6. The van der Waals surface area contributed by atoms with Crippen LogP contribution in [0.2, 0.25) is 0 Å². The van der Waals surface area contributed by atoms with Crippen LogP contribution in [0.5, 0.6) is 0 Å². The fourth-order valence-electron chi connectivity index (χ4n) is 5.73. The second-order valence-electron chi connectivity index (χ2n) is 9.97. The molecule has 8 nitrogen and oxygen atoms in total. The number of anilines is 2. The Kier molecular flexibility index (Phi) is 5.93. The van der Waals surface area contributed by atoms with Crippen molar-refractivity contribution in [3.63, 3.8) is 0 Å². The van der Waals surface area contributed by atoms with E-state index in [0.717, 1.165) is 55.7 Å². The van der Waals surface area contributed by atoms with Crippen molar-refractivity contribution in [3.05, 3.63) is 47.5 Å². The van der Waals surface area contributed by atoms with Crippen molar-refractivity contribution in [1.29, 1.82) is 0 Å². The van der Waals surface area contributed by atoms with Crippen molar-refractivity contribution < 1.29 is 13.9 Å². The van der Waals surface area contributed by atoms with Crippen molar-refractivity contribution >= 4 is 17.7 Å². The van der Waals surface area contributed by atoms with Gasteiger partial charge in [-0.25, -0.2) is 19.2 Å². The number of amides is 2. The van der Waals surface area contributed by atoms with Gasteiger partial charge in [-0.3, -0.25) is 9.80 Å². The molecule has 3 fully saturated rings. The molecule has 9 heteroatoms. The molecule has 1 saturated carbocycles. The lowest BCUT2D eigenvalue weighted by Crippen LogP contribution is -2.54. The van der Waals surface area contributed by atoms with Crippen LogP contribution in [0, 0.1) is 12.7 Å². The molecule has 2 amide bonds. The van der Waals surface area contributed by atoms with Crippen LogP contribution in [0.25, 0.3) is 0 Å². The minimum Gasteiger partial charge on any atom is -0.378 e. The lowest BCUT2D eigenvalue weighted by molar-refractivity contribution is 0.0655. The zero-order valence-corrected chi connectivity index (χ0v) is 20.2. The van der Waals surface area contributed by atoms with Crippen LogP contribution in [-0.2, 0) is 10.3 Å². The minimum atomic E-state index is -0.306. The summed E-state index contributed by atoms with van der Waals surface area (Å²) in [6.07, 6.45) is 5.07. The van der Waals surface area contributed by atoms with E-state index in [2.05, 4.69) is 34.2 Å². The SMILES string of the molecule is Cc1nc(N2CCOCC2)ncc1N1C[C@]2(CC[C@](c3cccc(F)c3)(N(C)C)CC2)NC1=O. The summed E-state index contributed by atoms with van der Waals surface area (Å²) < 4.78 is 19.4. The highest BCUT2D eigenvalue weighted by Crippen LogP contribution is 2.46. The molecule has 2 aliphatic heterocycles. The van der Waals surface area contributed by atoms with Crippen LogP contribution in [-0.4, -0.2) is 73.4 Å². The molecule has 2 saturated heterocycles. The van der Waals surface area contributed by atoms with Crippen molar-refractivity contribution in [2.24, 2.45) is 0 Å². The average molecular weight is 469 g/mol. The normalized spacial score (nSPS) is 27.5. The number of urea groups is 1. The highest BCUT2D eigenvalue weighted by Gasteiger charge is 2.50. The summed E-state index contributed by atoms with van der Waals surface area (Å²) in [4.78, 5) is 28.4. The molecule has 34 heavy (non-hydrogen) atoms. The van der Waals surface area contributed by atoms with Gasteiger partial charge in [-0.15, -0.1) is 0 Å². The van der Waals surface area contributed by atoms with Crippen LogP contribution in [0.4, 0.5) is 20.8 Å². The van der Waals surface area contributed by atoms with Crippen molar-refractivity contribution in [2.75, 3.05) is 56.7 Å². The number of benzene rings is 1. The number of halogens is 1. The van der Waals surface area contributed by atoms with Crippen LogP contribution in [0.15, 0.2) is 30.5 Å². The number of carbonyl (C=O) groups excluding carboxylic acids is 1. The van der Waals surface area contributed by atoms with Gasteiger partial charge >= 0.3 is 6.03 Å². The molecule has 0 unspecified atom stereocenters. The first-order valence-electron chi connectivity index (χ1n) is 12.0. The monoisotopic (exact) mass is 468 g/mol. The molecule has 3 aliphatic rings. The van der Waals surface area contributed by atoms with Gasteiger partial charge in [0.25, 0.3) is 0 Å². The Morgan fingerprint density at radius 1 is 1.15 bits per heavy atom. The molecular weight excluding hydrogens is 435 g/mol. The van der Waals surface area contributed by atoms with Gasteiger partial charge in [-0.1, -0.05) is 12.1 Å². The molecule has 2 aromatic rings. The first kappa shape index (κ1) is 23.0. The lowest BCUT2D eigenvalue weighted by Gasteiger charge is -2.48. The summed E-state index contributed by atoms with van der Waals surface area (Å²) in [6.45, 7) is 5.40. The van der Waals surface area contributed by atoms with Gasteiger partial charge in [-0.2, -0.15) is 0 Å². The Balaban J connectivity index is 1.33. The Labute approximate surface area is 200 Å². The molecule has 182 valence electrons. The molecule has 1 N–H and O–H groups in total. The fraction of sp³-hybridized carbons (Fsp3) is 0.560. The van der Waals surface area contributed by atoms with Gasteiger partial charge in [0.15, 0.2) is 0 Å². The predicted octanol–water partition coefficient (Wildman–Crippen LogP) is 3.06. The molecule has 1 aliphatic carbocycles. The van der Waals surface area contributed by atoms with Crippen molar-refractivity contribution in [3.8, 4) is 0 Å². The summed E-state index contributed by atoms with van der Waals surface area (Å²) in [5.41, 5.74) is 1.99. The van der Waals surface area contributed by atoms with E-state index in [1.165, 1.54) is 6.07 Å². The average Bonchev–Trinajstić information content (AvgIpc) is 3.15. The lowest BCUT2D eigenvalue weighted by atomic mass is 9.69. The Bertz CT molecular complexity index is 1060. The summed E-state index contributed by atoms with van der Waals surface area (Å²) in [6, 6.07) is 6.82. The smallest absolute Gasteiger partial charge is 0.322 e. The number of hydrogen-bond donors (Lipinski definition) is 1. The Morgan fingerprint density at radius 3 is 2.53 bits per heavy atom. The number of nitrogens with zero attached hydrogens (tertiary/aromatic N) is 5. The Hall–Kier alpha value is -2.78. The Morgan fingerprint density at radius 2 is 1.88 bits per heavy atom. The van der Waals surface area contributed by atoms with Gasteiger partial charge in [0.1, 0.15) is 5.82 Å². The van der Waals surface area contributed by atoms with Crippen LogP contribution in [0.3, 0.4) is 0 Å². The van der Waals surface area contributed by atoms with Crippen LogP contribution < -0.4 is 15.1 Å². The molecule has 0 atom stereocenters. The molecule has 1 spiro atoms. The van der Waals surface area contributed by atoms with Crippen LogP contribution in [0.1, 0.15) is 36.9 Å². The van der Waals surface area contributed by atoms with E-state index in [0.29, 0.717) is 25.7 Å². The van der Waals surface area contributed by atoms with Gasteiger partial charge < -0.3 is 15.0 Å². The van der Waals surface area contributed by atoms with Gasteiger partial charge in [0, 0.05) is 18.6 Å². The third-order valence-corrected chi connectivity index (χ3v) is 7.86. The highest BCUT2D eigenvalue weighted by molar-refractivity contribution is 5.95. The number of carbonyl (C=O) groups is 1. The van der Waals surface area contributed by atoms with E-state index < -0.39 is 0 Å². The maximum absolute atomic E-state index is 14.0. The maximum Gasteiger partial charge on any atom is 0.322 e. The second kappa shape index (κ2) is 8.78. The number of ether oxygens (including phenoxy) is 1. The van der Waals surface area contributed by atoms with E-state index in [1.54, 1.807) is 23.2 Å². The summed E-state index contributed by atoms with van der Waals surface area (Å²) in [5.74, 6) is 0.470. The third-order valence-electron chi connectivity index (χ3n) is 7.86. The van der Waals surface area contributed by atoms with E-state index in [9.17, 15) is 9.18 Å². The number of rotatable bonds is 4. The highest BCUT2D eigenvalue weighted by atomic mass is 19.1. The molecule has 0 bridgehead atoms. The number of nitrogens with one attached hydrogen (secondary N) is 1. The van der Waals surface area contributed by atoms with Crippen molar-refractivity contribution in [1.82, 2.24) is 20.2 Å². The summed E-state index contributed by atoms with van der Waals surface area (Å²) >= 11 is 0. The molecule has 1 aromatic heterocycles. The molecular formula is C25H33FN6O2. The summed E-state index contributed by atoms with van der Waals surface area (Å²) in [5, 5.41) is 3.27. The second-order valence-corrected chi connectivity index (χ2v) is 9.97. The van der Waals surface area contributed by atoms with E-state index in [1.807, 2.05) is 13.0 Å². The van der Waals surface area contributed by atoms with Crippen LogP contribution >= 0.6 is 0 Å². The fourth-order valence-corrected chi connectivity index (χ4v) is 5.73. The van der Waals surface area contributed by atoms with Gasteiger partial charge in [0.2, 0.25) is 5.95 Å². The molecule has 5 rings (SSSR count). The maximum atomic E-state index is 14.0. The number of aromatic nitrogens is 2. The topological polar surface area (TPSA) is 73.8 Å². The van der Waals surface area contributed by atoms with E-state index >= 15 is 0 Å².